The average molecular weight is 250 g/mol. The van der Waals surface area contributed by atoms with Gasteiger partial charge in [0.25, 0.3) is 0 Å². The van der Waals surface area contributed by atoms with E-state index in [-0.39, 0.29) is 0 Å². The van der Waals surface area contributed by atoms with Crippen molar-refractivity contribution in [3.63, 3.8) is 0 Å². The second-order valence-corrected chi connectivity index (χ2v) is 5.21. The minimum atomic E-state index is 1.05. The van der Waals surface area contributed by atoms with Crippen molar-refractivity contribution in [1.29, 1.82) is 0 Å². The Kier molecular flexibility index (Phi) is 2.02. The molecule has 0 radical (unpaired) electrons. The molecule has 4 rings (SSSR count). The van der Waals surface area contributed by atoms with Crippen molar-refractivity contribution >= 4 is 33.0 Å². The molecule has 0 saturated carbocycles. The SMILES string of the molecule is c1csc(-c2[nH]nc3c2ccc2ccccc23)c1. The summed E-state index contributed by atoms with van der Waals surface area (Å²) in [5, 5.41) is 13.4. The summed E-state index contributed by atoms with van der Waals surface area (Å²) >= 11 is 1.73. The van der Waals surface area contributed by atoms with Crippen molar-refractivity contribution in [1.82, 2.24) is 10.2 Å². The van der Waals surface area contributed by atoms with Crippen LogP contribution >= 0.6 is 11.3 Å². The minimum absolute atomic E-state index is 1.05. The number of aromatic amines is 1. The first-order chi connectivity index (χ1) is 8.93. The first-order valence-electron chi connectivity index (χ1n) is 5.83. The van der Waals surface area contributed by atoms with E-state index in [0.717, 1.165) is 11.2 Å². The number of fused-ring (bicyclic) bond motifs is 3. The predicted molar refractivity (Wildman–Crippen MR) is 76.9 cm³/mol. The second-order valence-electron chi connectivity index (χ2n) is 4.26. The molecule has 0 fully saturated rings. The zero-order chi connectivity index (χ0) is 11.9. The molecule has 0 aliphatic rings. The van der Waals surface area contributed by atoms with E-state index < -0.39 is 0 Å². The minimum Gasteiger partial charge on any atom is -0.276 e. The number of hydrogen-bond acceptors (Lipinski definition) is 2. The Bertz CT molecular complexity index is 828. The van der Waals surface area contributed by atoms with Gasteiger partial charge in [0.1, 0.15) is 5.52 Å². The van der Waals surface area contributed by atoms with Gasteiger partial charge in [-0.25, -0.2) is 0 Å². The summed E-state index contributed by atoms with van der Waals surface area (Å²) in [7, 11) is 0. The molecular formula is C15H10N2S. The van der Waals surface area contributed by atoms with E-state index >= 15 is 0 Å². The van der Waals surface area contributed by atoms with Gasteiger partial charge < -0.3 is 0 Å². The molecule has 0 atom stereocenters. The molecule has 0 amide bonds. The van der Waals surface area contributed by atoms with Crippen molar-refractivity contribution in [2.75, 3.05) is 0 Å². The van der Waals surface area contributed by atoms with Gasteiger partial charge in [-0.3, -0.25) is 5.10 Å². The zero-order valence-electron chi connectivity index (χ0n) is 9.55. The number of nitrogens with zero attached hydrogens (tertiary/aromatic N) is 1. The highest BCUT2D eigenvalue weighted by atomic mass is 32.1. The molecule has 0 unspecified atom stereocenters. The summed E-state index contributed by atoms with van der Waals surface area (Å²) in [5.41, 5.74) is 2.17. The molecule has 0 aliphatic heterocycles. The average Bonchev–Trinajstić information content (AvgIpc) is 3.07. The monoisotopic (exact) mass is 250 g/mol. The van der Waals surface area contributed by atoms with Crippen LogP contribution in [0.25, 0.3) is 32.2 Å². The van der Waals surface area contributed by atoms with Crippen molar-refractivity contribution < 1.29 is 0 Å². The Hall–Kier alpha value is -2.13. The third-order valence-electron chi connectivity index (χ3n) is 3.22. The van der Waals surface area contributed by atoms with Crippen LogP contribution < -0.4 is 0 Å². The Morgan fingerprint density at radius 3 is 2.72 bits per heavy atom. The largest absolute Gasteiger partial charge is 0.276 e. The molecule has 1 N–H and O–H groups in total. The lowest BCUT2D eigenvalue weighted by atomic mass is 10.1. The first kappa shape index (κ1) is 9.85. The van der Waals surface area contributed by atoms with Crippen LogP contribution in [0.15, 0.2) is 53.9 Å². The number of hydrogen-bond donors (Lipinski definition) is 1. The van der Waals surface area contributed by atoms with Gasteiger partial charge in [0, 0.05) is 10.8 Å². The molecule has 18 heavy (non-hydrogen) atoms. The van der Waals surface area contributed by atoms with Gasteiger partial charge in [-0.2, -0.15) is 5.10 Å². The fourth-order valence-electron chi connectivity index (χ4n) is 2.36. The molecular weight excluding hydrogens is 240 g/mol. The molecule has 2 nitrogen and oxygen atoms in total. The number of H-pyrrole nitrogens is 1. The van der Waals surface area contributed by atoms with E-state index in [9.17, 15) is 0 Å². The summed E-state index contributed by atoms with van der Waals surface area (Å²) in [6.45, 7) is 0. The maximum absolute atomic E-state index is 4.48. The lowest BCUT2D eigenvalue weighted by Crippen LogP contribution is -1.75. The van der Waals surface area contributed by atoms with Crippen molar-refractivity contribution in [2.45, 2.75) is 0 Å². The van der Waals surface area contributed by atoms with E-state index in [1.807, 2.05) is 0 Å². The van der Waals surface area contributed by atoms with Gasteiger partial charge in [0.2, 0.25) is 0 Å². The molecule has 0 spiro atoms. The third kappa shape index (κ3) is 1.31. The molecule has 86 valence electrons. The lowest BCUT2D eigenvalue weighted by molar-refractivity contribution is 1.13. The first-order valence-corrected chi connectivity index (χ1v) is 6.71. The fourth-order valence-corrected chi connectivity index (χ4v) is 3.09. The van der Waals surface area contributed by atoms with Crippen LogP contribution in [0, 0.1) is 0 Å². The van der Waals surface area contributed by atoms with E-state index in [4.69, 9.17) is 0 Å². The number of rotatable bonds is 1. The van der Waals surface area contributed by atoms with Crippen molar-refractivity contribution in [2.24, 2.45) is 0 Å². The molecule has 3 heteroatoms. The molecule has 2 aromatic carbocycles. The van der Waals surface area contributed by atoms with Crippen molar-refractivity contribution in [3.05, 3.63) is 53.9 Å². The Morgan fingerprint density at radius 2 is 1.83 bits per heavy atom. The third-order valence-corrected chi connectivity index (χ3v) is 4.10. The predicted octanol–water partition coefficient (Wildman–Crippen LogP) is 4.44. The van der Waals surface area contributed by atoms with Gasteiger partial charge in [-0.1, -0.05) is 36.4 Å². The molecule has 0 aliphatic carbocycles. The molecule has 0 saturated heterocycles. The normalized spacial score (nSPS) is 11.3. The maximum atomic E-state index is 4.48. The topological polar surface area (TPSA) is 28.7 Å². The van der Waals surface area contributed by atoms with Gasteiger partial charge in [0.05, 0.1) is 10.6 Å². The highest BCUT2D eigenvalue weighted by Crippen LogP contribution is 2.32. The van der Waals surface area contributed by atoms with E-state index in [0.29, 0.717) is 0 Å². The highest BCUT2D eigenvalue weighted by Gasteiger charge is 2.10. The molecule has 0 bridgehead atoms. The van der Waals surface area contributed by atoms with Crippen LogP contribution in [0.1, 0.15) is 0 Å². The summed E-state index contributed by atoms with van der Waals surface area (Å²) < 4.78 is 0. The van der Waals surface area contributed by atoms with Crippen LogP contribution in [0.3, 0.4) is 0 Å². The standard InChI is InChI=1S/C15H10N2S/c1-2-5-11-10(4-1)7-8-12-14(11)16-17-15(12)13-6-3-9-18-13/h1-9H,(H,16,17). The van der Waals surface area contributed by atoms with Crippen LogP contribution in [0.4, 0.5) is 0 Å². The van der Waals surface area contributed by atoms with Crippen LogP contribution in [0.5, 0.6) is 0 Å². The smallest absolute Gasteiger partial charge is 0.101 e. The number of thiophene rings is 1. The van der Waals surface area contributed by atoms with Gasteiger partial charge in [0.15, 0.2) is 0 Å². The number of nitrogens with one attached hydrogen (secondary N) is 1. The van der Waals surface area contributed by atoms with E-state index in [2.05, 4.69) is 64.1 Å². The highest BCUT2D eigenvalue weighted by molar-refractivity contribution is 7.13. The summed E-state index contributed by atoms with van der Waals surface area (Å²) in [5.74, 6) is 0. The summed E-state index contributed by atoms with van der Waals surface area (Å²) in [4.78, 5) is 1.23. The van der Waals surface area contributed by atoms with Crippen LogP contribution in [-0.2, 0) is 0 Å². The van der Waals surface area contributed by atoms with Crippen molar-refractivity contribution in [3.8, 4) is 10.6 Å². The fraction of sp³-hybridized carbons (Fsp3) is 0. The number of aromatic nitrogens is 2. The van der Waals surface area contributed by atoms with Crippen LogP contribution in [-0.4, -0.2) is 10.2 Å². The Labute approximate surface area is 108 Å². The van der Waals surface area contributed by atoms with Crippen LogP contribution in [0.2, 0.25) is 0 Å². The van der Waals surface area contributed by atoms with E-state index in [1.165, 1.54) is 21.0 Å². The quantitative estimate of drug-likeness (QED) is 0.531. The summed E-state index contributed by atoms with van der Waals surface area (Å²) in [6.07, 6.45) is 0. The van der Waals surface area contributed by atoms with Gasteiger partial charge in [-0.05, 0) is 22.9 Å². The Balaban J connectivity index is 2.12. The molecule has 4 aromatic rings. The lowest BCUT2D eigenvalue weighted by Gasteiger charge is -1.98. The molecule has 2 heterocycles. The number of benzene rings is 2. The second kappa shape index (κ2) is 3.68. The summed E-state index contributed by atoms with van der Waals surface area (Å²) in [6, 6.07) is 16.8. The van der Waals surface area contributed by atoms with Gasteiger partial charge in [-0.15, -0.1) is 11.3 Å². The van der Waals surface area contributed by atoms with Gasteiger partial charge >= 0.3 is 0 Å². The zero-order valence-corrected chi connectivity index (χ0v) is 10.4. The van der Waals surface area contributed by atoms with E-state index in [1.54, 1.807) is 11.3 Å². The Morgan fingerprint density at radius 1 is 0.889 bits per heavy atom. The maximum Gasteiger partial charge on any atom is 0.101 e. The molecule has 2 aromatic heterocycles.